The lowest BCUT2D eigenvalue weighted by molar-refractivity contribution is -0.688. The van der Waals surface area contributed by atoms with Gasteiger partial charge < -0.3 is 17.4 Å². The number of H-pyrrole nitrogens is 1. The van der Waals surface area contributed by atoms with Crippen molar-refractivity contribution in [1.29, 1.82) is 0 Å². The predicted octanol–water partition coefficient (Wildman–Crippen LogP) is 0.583. The minimum absolute atomic E-state index is 0. The molecule has 0 atom stereocenters. The molecule has 0 aliphatic rings. The highest BCUT2D eigenvalue weighted by Crippen LogP contribution is 2.17. The van der Waals surface area contributed by atoms with Crippen LogP contribution in [-0.4, -0.2) is 9.97 Å². The molecule has 6 heteroatoms. The van der Waals surface area contributed by atoms with Gasteiger partial charge in [0.25, 0.3) is 5.56 Å². The second-order valence-electron chi connectivity index (χ2n) is 5.81. The van der Waals surface area contributed by atoms with E-state index in [9.17, 15) is 4.79 Å². The van der Waals surface area contributed by atoms with Gasteiger partial charge in [-0.05, 0) is 29.8 Å². The number of benzene rings is 2. The minimum Gasteiger partial charge on any atom is -1.00 e. The number of rotatable bonds is 3. The lowest BCUT2D eigenvalue weighted by atomic mass is 10.1. The van der Waals surface area contributed by atoms with Gasteiger partial charge in [-0.15, -0.1) is 0 Å². The van der Waals surface area contributed by atoms with E-state index >= 15 is 0 Å². The molecule has 4 rings (SSSR count). The van der Waals surface area contributed by atoms with E-state index in [0.717, 1.165) is 11.1 Å². The second-order valence-corrected chi connectivity index (χ2v) is 6.24. The van der Waals surface area contributed by atoms with Gasteiger partial charge >= 0.3 is 0 Å². The molecule has 0 saturated carbocycles. The number of aromatic amines is 1. The van der Waals surface area contributed by atoms with Gasteiger partial charge in [-0.1, -0.05) is 41.9 Å². The molecule has 0 aliphatic carbocycles. The molecule has 0 radical (unpaired) electrons. The molecular weight excluding hydrogens is 369 g/mol. The van der Waals surface area contributed by atoms with Crippen LogP contribution in [0.5, 0.6) is 0 Å². The maximum absolute atomic E-state index is 12.2. The predicted molar refractivity (Wildman–Crippen MR) is 98.5 cm³/mol. The molecule has 1 N–H and O–H groups in total. The van der Waals surface area contributed by atoms with E-state index in [1.54, 1.807) is 18.2 Å². The first-order valence-electron chi connectivity index (χ1n) is 7.92. The minimum atomic E-state index is -0.156. The van der Waals surface area contributed by atoms with Crippen LogP contribution in [0.25, 0.3) is 22.0 Å². The lowest BCUT2D eigenvalue weighted by Crippen LogP contribution is -3.00. The highest BCUT2D eigenvalue weighted by molar-refractivity contribution is 6.31. The number of hydrogen-bond donors (Lipinski definition) is 1. The van der Waals surface area contributed by atoms with Gasteiger partial charge in [0.1, 0.15) is 0 Å². The van der Waals surface area contributed by atoms with Crippen molar-refractivity contribution >= 4 is 22.5 Å². The number of nitrogens with one attached hydrogen (secondary N) is 1. The van der Waals surface area contributed by atoms with Crippen molar-refractivity contribution in [2.45, 2.75) is 6.54 Å². The van der Waals surface area contributed by atoms with E-state index in [1.807, 2.05) is 41.2 Å². The van der Waals surface area contributed by atoms with E-state index in [-0.39, 0.29) is 18.0 Å². The van der Waals surface area contributed by atoms with Crippen molar-refractivity contribution in [3.63, 3.8) is 0 Å². The number of nitrogens with zero attached hydrogens (tertiary/aromatic N) is 2. The molecule has 2 aromatic carbocycles. The standard InChI is InChI=1S/C20H14ClN3O.ClH/c21-16-8-9-17-18(11-16)22-19(23-20(17)25)13-24-10-4-7-15(12-24)14-5-2-1-3-6-14;/h1-12H,13H2;1H. The Balaban J connectivity index is 0.00000196. The molecule has 0 amide bonds. The Kier molecular flexibility index (Phi) is 5.35. The number of aromatic nitrogens is 3. The molecule has 2 heterocycles. The molecule has 4 aromatic rings. The number of halogens is 2. The van der Waals surface area contributed by atoms with Crippen molar-refractivity contribution in [2.24, 2.45) is 0 Å². The summed E-state index contributed by atoms with van der Waals surface area (Å²) < 4.78 is 2.00. The van der Waals surface area contributed by atoms with Crippen LogP contribution in [-0.2, 0) is 6.54 Å². The van der Waals surface area contributed by atoms with Crippen molar-refractivity contribution in [3.8, 4) is 11.1 Å². The molecule has 4 nitrogen and oxygen atoms in total. The fourth-order valence-electron chi connectivity index (χ4n) is 2.83. The van der Waals surface area contributed by atoms with Crippen LogP contribution < -0.4 is 22.5 Å². The summed E-state index contributed by atoms with van der Waals surface area (Å²) in [5.74, 6) is 0.593. The highest BCUT2D eigenvalue weighted by Gasteiger charge is 2.10. The van der Waals surface area contributed by atoms with E-state index in [1.165, 1.54) is 0 Å². The quantitative estimate of drug-likeness (QED) is 0.526. The summed E-state index contributed by atoms with van der Waals surface area (Å²) in [6.45, 7) is 0.471. The SMILES string of the molecule is O=c1[nH]c(C[n+]2cccc(-c3ccccc3)c2)nc2cc(Cl)ccc12.[Cl-]. The summed E-state index contributed by atoms with van der Waals surface area (Å²) in [7, 11) is 0. The van der Waals surface area contributed by atoms with E-state index in [4.69, 9.17) is 11.6 Å². The first kappa shape index (κ1) is 18.1. The van der Waals surface area contributed by atoms with Gasteiger partial charge in [0.05, 0.1) is 10.9 Å². The van der Waals surface area contributed by atoms with Crippen LogP contribution in [0, 0.1) is 0 Å². The van der Waals surface area contributed by atoms with Crippen LogP contribution in [0.3, 0.4) is 0 Å². The van der Waals surface area contributed by atoms with E-state index in [2.05, 4.69) is 28.2 Å². The zero-order chi connectivity index (χ0) is 17.2. The smallest absolute Gasteiger partial charge is 0.258 e. The molecule has 0 unspecified atom stereocenters. The number of pyridine rings is 1. The maximum atomic E-state index is 12.2. The first-order valence-corrected chi connectivity index (χ1v) is 8.30. The maximum Gasteiger partial charge on any atom is 0.258 e. The molecule has 0 fully saturated rings. The van der Waals surface area contributed by atoms with Crippen molar-refractivity contribution in [1.82, 2.24) is 9.97 Å². The van der Waals surface area contributed by atoms with Crippen LogP contribution in [0.15, 0.2) is 77.9 Å². The normalized spacial score (nSPS) is 10.5. The average molecular weight is 384 g/mol. The van der Waals surface area contributed by atoms with Gasteiger partial charge in [0.15, 0.2) is 18.2 Å². The molecule has 26 heavy (non-hydrogen) atoms. The Morgan fingerprint density at radius 3 is 2.58 bits per heavy atom. The van der Waals surface area contributed by atoms with E-state index in [0.29, 0.717) is 28.3 Å². The van der Waals surface area contributed by atoms with Gasteiger partial charge in [0, 0.05) is 16.7 Å². The van der Waals surface area contributed by atoms with Crippen LogP contribution in [0.4, 0.5) is 0 Å². The van der Waals surface area contributed by atoms with Crippen LogP contribution in [0.2, 0.25) is 5.02 Å². The van der Waals surface area contributed by atoms with Gasteiger partial charge in [0.2, 0.25) is 6.54 Å². The molecule has 0 bridgehead atoms. The van der Waals surface area contributed by atoms with Crippen molar-refractivity contribution < 1.29 is 17.0 Å². The van der Waals surface area contributed by atoms with Crippen molar-refractivity contribution in [2.75, 3.05) is 0 Å². The molecule has 0 saturated heterocycles. The van der Waals surface area contributed by atoms with Gasteiger partial charge in [-0.3, -0.25) is 4.79 Å². The summed E-state index contributed by atoms with van der Waals surface area (Å²) >= 11 is 6.01. The molecule has 2 aromatic heterocycles. The zero-order valence-corrected chi connectivity index (χ0v) is 15.2. The molecule has 130 valence electrons. The lowest BCUT2D eigenvalue weighted by Gasteiger charge is -2.03. The van der Waals surface area contributed by atoms with E-state index < -0.39 is 0 Å². The third-order valence-corrected chi connectivity index (χ3v) is 4.25. The molecule has 0 aliphatic heterocycles. The summed E-state index contributed by atoms with van der Waals surface area (Å²) in [5, 5.41) is 1.10. The third kappa shape index (κ3) is 3.77. The molecule has 0 spiro atoms. The summed E-state index contributed by atoms with van der Waals surface area (Å²) in [5.41, 5.74) is 2.69. The Morgan fingerprint density at radius 1 is 1.00 bits per heavy atom. The first-order chi connectivity index (χ1) is 12.2. The summed E-state index contributed by atoms with van der Waals surface area (Å²) in [6, 6.07) is 19.3. The fraction of sp³-hybridized carbons (Fsp3) is 0.0500. The third-order valence-electron chi connectivity index (χ3n) is 4.02. The summed E-state index contributed by atoms with van der Waals surface area (Å²) in [4.78, 5) is 19.6. The highest BCUT2D eigenvalue weighted by atomic mass is 35.5. The Bertz CT molecular complexity index is 1110. The van der Waals surface area contributed by atoms with Gasteiger partial charge in [-0.2, -0.15) is 4.57 Å². The molecular formula is C20H15Cl2N3O. The Hall–Kier alpha value is -2.69. The monoisotopic (exact) mass is 383 g/mol. The zero-order valence-electron chi connectivity index (χ0n) is 13.7. The Morgan fingerprint density at radius 2 is 1.77 bits per heavy atom. The topological polar surface area (TPSA) is 49.6 Å². The fourth-order valence-corrected chi connectivity index (χ4v) is 3.00. The second kappa shape index (κ2) is 7.68. The summed E-state index contributed by atoms with van der Waals surface area (Å²) in [6.07, 6.45) is 3.99. The Labute approximate surface area is 161 Å². The van der Waals surface area contributed by atoms with Crippen LogP contribution in [0.1, 0.15) is 5.82 Å². The van der Waals surface area contributed by atoms with Gasteiger partial charge in [-0.25, -0.2) is 4.98 Å². The average Bonchev–Trinajstić information content (AvgIpc) is 2.62. The number of hydrogen-bond acceptors (Lipinski definition) is 2. The number of fused-ring (bicyclic) bond motifs is 1. The van der Waals surface area contributed by atoms with Crippen molar-refractivity contribution in [3.05, 3.63) is 94.3 Å². The van der Waals surface area contributed by atoms with Crippen LogP contribution >= 0.6 is 11.6 Å². The largest absolute Gasteiger partial charge is 1.00 e.